The summed E-state index contributed by atoms with van der Waals surface area (Å²) in [7, 11) is 0. The van der Waals surface area contributed by atoms with Gasteiger partial charge in [-0.05, 0) is 43.2 Å². The zero-order chi connectivity index (χ0) is 18.4. The normalized spacial score (nSPS) is 15.3. The molecular formula is C21H25N3O2. The Hall–Kier alpha value is -2.66. The highest BCUT2D eigenvalue weighted by atomic mass is 16.2. The lowest BCUT2D eigenvalue weighted by Crippen LogP contribution is -2.38. The van der Waals surface area contributed by atoms with Crippen molar-refractivity contribution in [2.75, 3.05) is 31.5 Å². The van der Waals surface area contributed by atoms with Gasteiger partial charge in [0.05, 0.1) is 0 Å². The predicted octanol–water partition coefficient (Wildman–Crippen LogP) is 3.63. The average molecular weight is 351 g/mol. The second-order valence-electron chi connectivity index (χ2n) is 6.67. The van der Waals surface area contributed by atoms with Crippen LogP contribution in [-0.2, 0) is 6.54 Å². The number of carbonyl (C=O) groups excluding carboxylic acids is 2. The van der Waals surface area contributed by atoms with E-state index in [0.717, 1.165) is 32.6 Å². The first-order chi connectivity index (χ1) is 12.6. The molecule has 0 spiro atoms. The largest absolute Gasteiger partial charge is 0.323 e. The molecule has 1 aliphatic heterocycles. The van der Waals surface area contributed by atoms with Crippen LogP contribution in [0.15, 0.2) is 54.6 Å². The van der Waals surface area contributed by atoms with Crippen molar-refractivity contribution in [1.82, 2.24) is 9.80 Å². The molecule has 0 aromatic heterocycles. The number of carbonyl (C=O) groups is 2. The van der Waals surface area contributed by atoms with E-state index >= 15 is 0 Å². The van der Waals surface area contributed by atoms with Crippen molar-refractivity contribution >= 4 is 17.5 Å². The van der Waals surface area contributed by atoms with E-state index in [2.05, 4.69) is 34.5 Å². The minimum Gasteiger partial charge on any atom is -0.323 e. The van der Waals surface area contributed by atoms with Gasteiger partial charge in [0.25, 0.3) is 0 Å². The molecule has 0 bridgehead atoms. The molecule has 1 aliphatic rings. The third-order valence-electron chi connectivity index (χ3n) is 4.67. The van der Waals surface area contributed by atoms with Crippen LogP contribution in [-0.4, -0.2) is 47.8 Å². The Morgan fingerprint density at radius 2 is 1.65 bits per heavy atom. The third-order valence-corrected chi connectivity index (χ3v) is 4.67. The number of amides is 2. The van der Waals surface area contributed by atoms with E-state index in [9.17, 15) is 9.59 Å². The summed E-state index contributed by atoms with van der Waals surface area (Å²) in [6.45, 7) is 5.78. The van der Waals surface area contributed by atoms with Crippen LogP contribution in [0.3, 0.4) is 0 Å². The molecule has 0 unspecified atom stereocenters. The van der Waals surface area contributed by atoms with Gasteiger partial charge in [-0.1, -0.05) is 30.3 Å². The number of nitrogens with one attached hydrogen (secondary N) is 1. The van der Waals surface area contributed by atoms with E-state index in [1.807, 2.05) is 11.0 Å². The molecular weight excluding hydrogens is 326 g/mol. The zero-order valence-electron chi connectivity index (χ0n) is 15.1. The van der Waals surface area contributed by atoms with E-state index in [0.29, 0.717) is 17.8 Å². The summed E-state index contributed by atoms with van der Waals surface area (Å²) in [6, 6.07) is 17.4. The lowest BCUT2D eigenvalue weighted by atomic mass is 10.1. The minimum atomic E-state index is -0.0814. The minimum absolute atomic E-state index is 0.0221. The Kier molecular flexibility index (Phi) is 6.02. The summed E-state index contributed by atoms with van der Waals surface area (Å²) in [5.74, 6) is 0.0221. The molecule has 2 aromatic carbocycles. The summed E-state index contributed by atoms with van der Waals surface area (Å²) in [6.07, 6.45) is 0.962. The van der Waals surface area contributed by atoms with Crippen LogP contribution < -0.4 is 5.32 Å². The number of rotatable bonds is 4. The Balaban J connectivity index is 1.53. The van der Waals surface area contributed by atoms with E-state index < -0.39 is 0 Å². The molecule has 0 saturated carbocycles. The fraction of sp³-hybridized carbons (Fsp3) is 0.333. The monoisotopic (exact) mass is 351 g/mol. The number of hydrogen-bond acceptors (Lipinski definition) is 3. The van der Waals surface area contributed by atoms with Crippen LogP contribution in [0, 0.1) is 0 Å². The third kappa shape index (κ3) is 4.92. The van der Waals surface area contributed by atoms with Crippen LogP contribution in [0.25, 0.3) is 0 Å². The highest BCUT2D eigenvalue weighted by Gasteiger charge is 2.19. The number of hydrogen-bond donors (Lipinski definition) is 1. The van der Waals surface area contributed by atoms with Gasteiger partial charge in [0.2, 0.25) is 0 Å². The van der Waals surface area contributed by atoms with Crippen LogP contribution in [0.4, 0.5) is 10.5 Å². The van der Waals surface area contributed by atoms with Crippen molar-refractivity contribution in [3.05, 3.63) is 65.7 Å². The molecule has 2 amide bonds. The van der Waals surface area contributed by atoms with Crippen LogP contribution in [0.5, 0.6) is 0 Å². The number of urea groups is 1. The summed E-state index contributed by atoms with van der Waals surface area (Å²) < 4.78 is 0. The number of anilines is 1. The van der Waals surface area contributed by atoms with E-state index in [1.54, 1.807) is 24.3 Å². The lowest BCUT2D eigenvalue weighted by molar-refractivity contribution is 0.101. The molecule has 1 fully saturated rings. The van der Waals surface area contributed by atoms with Gasteiger partial charge >= 0.3 is 6.03 Å². The molecule has 1 N–H and O–H groups in total. The number of nitrogens with zero attached hydrogens (tertiary/aromatic N) is 2. The van der Waals surface area contributed by atoms with Crippen LogP contribution in [0.2, 0.25) is 0 Å². The molecule has 5 nitrogen and oxygen atoms in total. The number of Topliss-reactive ketones (excluding diaryl/α,β-unsaturated/α-hetero) is 1. The molecule has 1 heterocycles. The van der Waals surface area contributed by atoms with Gasteiger partial charge < -0.3 is 10.2 Å². The Morgan fingerprint density at radius 3 is 2.35 bits per heavy atom. The van der Waals surface area contributed by atoms with Gasteiger partial charge in [0.15, 0.2) is 5.78 Å². The van der Waals surface area contributed by atoms with E-state index in [1.165, 1.54) is 12.5 Å². The first kappa shape index (κ1) is 18.1. The van der Waals surface area contributed by atoms with Crippen molar-refractivity contribution in [3.63, 3.8) is 0 Å². The molecule has 0 atom stereocenters. The zero-order valence-corrected chi connectivity index (χ0v) is 15.1. The number of ketones is 1. The maximum absolute atomic E-state index is 12.5. The van der Waals surface area contributed by atoms with Gasteiger partial charge in [-0.15, -0.1) is 0 Å². The van der Waals surface area contributed by atoms with Gasteiger partial charge in [-0.3, -0.25) is 9.69 Å². The number of benzene rings is 2. The van der Waals surface area contributed by atoms with E-state index in [4.69, 9.17) is 0 Å². The molecule has 3 rings (SSSR count). The van der Waals surface area contributed by atoms with Crippen LogP contribution >= 0.6 is 0 Å². The second-order valence-corrected chi connectivity index (χ2v) is 6.67. The van der Waals surface area contributed by atoms with Crippen molar-refractivity contribution < 1.29 is 9.59 Å². The summed E-state index contributed by atoms with van der Waals surface area (Å²) in [5, 5.41) is 2.93. The van der Waals surface area contributed by atoms with Gasteiger partial charge in [0.1, 0.15) is 0 Å². The maximum atomic E-state index is 12.5. The molecule has 136 valence electrons. The fourth-order valence-corrected chi connectivity index (χ4v) is 3.16. The molecule has 1 saturated heterocycles. The Labute approximate surface area is 154 Å². The topological polar surface area (TPSA) is 52.7 Å². The van der Waals surface area contributed by atoms with Crippen molar-refractivity contribution in [3.8, 4) is 0 Å². The first-order valence-corrected chi connectivity index (χ1v) is 9.05. The lowest BCUT2D eigenvalue weighted by Gasteiger charge is -2.22. The van der Waals surface area contributed by atoms with Crippen molar-refractivity contribution in [2.45, 2.75) is 19.9 Å². The molecule has 5 heteroatoms. The predicted molar refractivity (Wildman–Crippen MR) is 103 cm³/mol. The van der Waals surface area contributed by atoms with Gasteiger partial charge in [0, 0.05) is 44.0 Å². The summed E-state index contributed by atoms with van der Waals surface area (Å²) >= 11 is 0. The first-order valence-electron chi connectivity index (χ1n) is 9.05. The SMILES string of the molecule is CC(=O)c1ccc(NC(=O)N2CCCN(Cc3ccccc3)CC2)cc1. The van der Waals surface area contributed by atoms with Gasteiger partial charge in [-0.2, -0.15) is 0 Å². The van der Waals surface area contributed by atoms with Gasteiger partial charge in [-0.25, -0.2) is 4.79 Å². The quantitative estimate of drug-likeness (QED) is 0.856. The second kappa shape index (κ2) is 8.63. The average Bonchev–Trinajstić information content (AvgIpc) is 2.89. The summed E-state index contributed by atoms with van der Waals surface area (Å²) in [4.78, 5) is 28.1. The van der Waals surface area contributed by atoms with Crippen LogP contribution in [0.1, 0.15) is 29.3 Å². The van der Waals surface area contributed by atoms with Crippen molar-refractivity contribution in [1.29, 1.82) is 0 Å². The van der Waals surface area contributed by atoms with E-state index in [-0.39, 0.29) is 11.8 Å². The molecule has 2 aromatic rings. The molecule has 26 heavy (non-hydrogen) atoms. The standard InChI is InChI=1S/C21H25N3O2/c1-17(25)19-8-10-20(11-9-19)22-21(26)24-13-5-12-23(14-15-24)16-18-6-3-2-4-7-18/h2-4,6-11H,5,12-16H2,1H3,(H,22,26). The molecule has 0 aliphatic carbocycles. The highest BCUT2D eigenvalue weighted by molar-refractivity contribution is 5.95. The van der Waals surface area contributed by atoms with Crippen molar-refractivity contribution in [2.24, 2.45) is 0 Å². The Bertz CT molecular complexity index is 744. The maximum Gasteiger partial charge on any atom is 0.321 e. The Morgan fingerprint density at radius 1 is 0.923 bits per heavy atom. The highest BCUT2D eigenvalue weighted by Crippen LogP contribution is 2.13. The summed E-state index contributed by atoms with van der Waals surface area (Å²) in [5.41, 5.74) is 2.66. The fourth-order valence-electron chi connectivity index (χ4n) is 3.16. The smallest absolute Gasteiger partial charge is 0.321 e. The molecule has 0 radical (unpaired) electrons.